The molecular weight excluding hydrogens is 650 g/mol. The first kappa shape index (κ1) is 34.9. The van der Waals surface area contributed by atoms with Crippen LogP contribution in [0.2, 0.25) is 0 Å². The van der Waals surface area contributed by atoms with Gasteiger partial charge in [-0.1, -0.05) is 30.7 Å². The molecule has 13 heteroatoms. The lowest BCUT2D eigenvalue weighted by Crippen LogP contribution is -2.40. The zero-order valence-electron chi connectivity index (χ0n) is 27.9. The molecule has 0 saturated heterocycles. The summed E-state index contributed by atoms with van der Waals surface area (Å²) < 4.78 is 30.5. The number of rotatable bonds is 14. The third kappa shape index (κ3) is 7.51. The van der Waals surface area contributed by atoms with E-state index in [-0.39, 0.29) is 30.0 Å². The van der Waals surface area contributed by atoms with Crippen molar-refractivity contribution in [3.63, 3.8) is 0 Å². The molecule has 0 unspecified atom stereocenters. The average Bonchev–Trinajstić information content (AvgIpc) is 3.41. The van der Waals surface area contributed by atoms with Gasteiger partial charge in [0.1, 0.15) is 24.1 Å². The number of hydrogen-bond donors (Lipinski definition) is 0. The number of carbonyl (C=O) groups is 1. The quantitative estimate of drug-likeness (QED) is 0.0957. The summed E-state index contributed by atoms with van der Waals surface area (Å²) in [6.45, 7) is 6.29. The van der Waals surface area contributed by atoms with Crippen molar-refractivity contribution < 1.29 is 33.4 Å². The summed E-state index contributed by atoms with van der Waals surface area (Å²) in [7, 11) is 3.08. The standard InChI is InChI=1S/C36H37N3O9S/c1-6-9-27-32(35(41)47-8-3)33(26-20-25(44-4)15-17-28(26)45-5)38-34(40)31(49-36(38)37-27)19-23-12-16-29(30(18-23)46-7-2)48-21-22-10-13-24(14-11-22)39(42)43/h10-20,33H,6-9,21H2,1-5H3/b31-19-/t33-/m1/s1. The number of esters is 1. The molecule has 4 aromatic rings. The second-order valence-electron chi connectivity index (χ2n) is 10.9. The highest BCUT2D eigenvalue weighted by molar-refractivity contribution is 7.07. The summed E-state index contributed by atoms with van der Waals surface area (Å²) in [5.41, 5.74) is 2.50. The lowest BCUT2D eigenvalue weighted by Gasteiger charge is -2.27. The van der Waals surface area contributed by atoms with Crippen LogP contribution < -0.4 is 33.8 Å². The predicted molar refractivity (Wildman–Crippen MR) is 184 cm³/mol. The number of thiazole rings is 1. The number of nitrogens with zero attached hydrogens (tertiary/aromatic N) is 3. The summed E-state index contributed by atoms with van der Waals surface area (Å²) in [5, 5.41) is 11.0. The number of fused-ring (bicyclic) bond motifs is 1. The number of ether oxygens (including phenoxy) is 5. The highest BCUT2D eigenvalue weighted by Crippen LogP contribution is 2.39. The van der Waals surface area contributed by atoms with Gasteiger partial charge in [-0.2, -0.15) is 0 Å². The largest absolute Gasteiger partial charge is 0.497 e. The van der Waals surface area contributed by atoms with Gasteiger partial charge in [-0.15, -0.1) is 0 Å². The number of benzene rings is 3. The third-order valence-corrected chi connectivity index (χ3v) is 8.71. The van der Waals surface area contributed by atoms with Gasteiger partial charge in [-0.3, -0.25) is 19.5 Å². The highest BCUT2D eigenvalue weighted by atomic mass is 32.1. The molecule has 1 aliphatic rings. The van der Waals surface area contributed by atoms with Gasteiger partial charge in [0.2, 0.25) is 0 Å². The number of non-ortho nitro benzene ring substituents is 1. The smallest absolute Gasteiger partial charge is 0.338 e. The molecule has 0 aliphatic carbocycles. The zero-order valence-corrected chi connectivity index (χ0v) is 28.7. The SMILES string of the molecule is CCCC1=C(C(=O)OCC)[C@@H](c2cc(OC)ccc2OC)n2c(s/c(=C\c3ccc(OCc4ccc([N+](=O)[O-])cc4)c(OCC)c3)c2=O)=N1. The van der Waals surface area contributed by atoms with Gasteiger partial charge in [0.15, 0.2) is 16.3 Å². The molecule has 1 atom stereocenters. The molecule has 0 saturated carbocycles. The van der Waals surface area contributed by atoms with Crippen molar-refractivity contribution in [1.82, 2.24) is 4.57 Å². The van der Waals surface area contributed by atoms with Crippen LogP contribution in [-0.4, -0.2) is 42.9 Å². The zero-order chi connectivity index (χ0) is 35.1. The Kier molecular flexibility index (Phi) is 11.1. The fourth-order valence-corrected chi connectivity index (χ4v) is 6.52. The Hall–Kier alpha value is -5.43. The minimum absolute atomic E-state index is 0.000968. The Morgan fingerprint density at radius 2 is 1.71 bits per heavy atom. The highest BCUT2D eigenvalue weighted by Gasteiger charge is 2.36. The van der Waals surface area contributed by atoms with Crippen molar-refractivity contribution in [2.75, 3.05) is 27.4 Å². The maximum Gasteiger partial charge on any atom is 0.338 e. The van der Waals surface area contributed by atoms with Gasteiger partial charge >= 0.3 is 5.97 Å². The number of nitro groups is 1. The summed E-state index contributed by atoms with van der Waals surface area (Å²) in [6.07, 6.45) is 2.97. The molecule has 0 spiro atoms. The molecule has 0 N–H and O–H groups in total. The monoisotopic (exact) mass is 687 g/mol. The summed E-state index contributed by atoms with van der Waals surface area (Å²) in [5.74, 6) is 1.41. The van der Waals surface area contributed by atoms with Gasteiger partial charge in [0.25, 0.3) is 11.2 Å². The van der Waals surface area contributed by atoms with E-state index in [1.807, 2.05) is 13.8 Å². The summed E-state index contributed by atoms with van der Waals surface area (Å²) in [6, 6.07) is 15.9. The van der Waals surface area contributed by atoms with E-state index in [0.29, 0.717) is 62.2 Å². The lowest BCUT2D eigenvalue weighted by atomic mass is 9.93. The van der Waals surface area contributed by atoms with E-state index in [0.717, 1.165) is 12.0 Å². The number of hydrogen-bond acceptors (Lipinski definition) is 11. The van der Waals surface area contributed by atoms with E-state index in [2.05, 4.69) is 0 Å². The minimum Gasteiger partial charge on any atom is -0.497 e. The van der Waals surface area contributed by atoms with Crippen LogP contribution in [0.15, 0.2) is 81.7 Å². The Morgan fingerprint density at radius 1 is 0.959 bits per heavy atom. The van der Waals surface area contributed by atoms with Crippen LogP contribution in [0.3, 0.4) is 0 Å². The Balaban J connectivity index is 1.60. The first-order valence-corrected chi connectivity index (χ1v) is 16.6. The summed E-state index contributed by atoms with van der Waals surface area (Å²) >= 11 is 1.22. The number of allylic oxidation sites excluding steroid dienone is 1. The van der Waals surface area contributed by atoms with E-state index in [1.54, 1.807) is 68.6 Å². The van der Waals surface area contributed by atoms with Crippen LogP contribution in [0.5, 0.6) is 23.0 Å². The van der Waals surface area contributed by atoms with E-state index in [9.17, 15) is 19.7 Å². The van der Waals surface area contributed by atoms with Crippen LogP contribution in [0.4, 0.5) is 5.69 Å². The molecule has 0 amide bonds. The molecule has 1 aliphatic heterocycles. The van der Waals surface area contributed by atoms with Crippen molar-refractivity contribution in [2.24, 2.45) is 4.99 Å². The van der Waals surface area contributed by atoms with Crippen molar-refractivity contribution in [3.8, 4) is 23.0 Å². The number of methoxy groups -OCH3 is 2. The lowest BCUT2D eigenvalue weighted by molar-refractivity contribution is -0.384. The van der Waals surface area contributed by atoms with Gasteiger partial charge in [-0.25, -0.2) is 9.79 Å². The van der Waals surface area contributed by atoms with E-state index in [4.69, 9.17) is 28.7 Å². The van der Waals surface area contributed by atoms with Gasteiger partial charge in [0.05, 0.1) is 48.2 Å². The second kappa shape index (κ2) is 15.6. The molecule has 0 bridgehead atoms. The average molecular weight is 688 g/mol. The van der Waals surface area contributed by atoms with Gasteiger partial charge in [0, 0.05) is 17.7 Å². The first-order valence-electron chi connectivity index (χ1n) is 15.8. The Morgan fingerprint density at radius 3 is 2.37 bits per heavy atom. The molecule has 0 radical (unpaired) electrons. The molecular formula is C36H37N3O9S. The molecule has 0 fully saturated rings. The van der Waals surface area contributed by atoms with Crippen molar-refractivity contribution in [1.29, 1.82) is 0 Å². The van der Waals surface area contributed by atoms with Crippen LogP contribution in [0.25, 0.3) is 6.08 Å². The van der Waals surface area contributed by atoms with Crippen LogP contribution in [0, 0.1) is 10.1 Å². The van der Waals surface area contributed by atoms with E-state index in [1.165, 1.54) is 35.1 Å². The Labute approximate surface area is 286 Å². The fourth-order valence-electron chi connectivity index (χ4n) is 5.50. The maximum absolute atomic E-state index is 14.3. The molecule has 5 rings (SSSR count). The third-order valence-electron chi connectivity index (χ3n) is 7.73. The molecule has 2 heterocycles. The topological polar surface area (TPSA) is 141 Å². The van der Waals surface area contributed by atoms with Gasteiger partial charge < -0.3 is 23.7 Å². The molecule has 256 valence electrons. The van der Waals surface area contributed by atoms with Crippen LogP contribution >= 0.6 is 11.3 Å². The van der Waals surface area contributed by atoms with Crippen molar-refractivity contribution in [2.45, 2.75) is 46.3 Å². The Bertz CT molecular complexity index is 2070. The van der Waals surface area contributed by atoms with Crippen molar-refractivity contribution >= 4 is 29.1 Å². The van der Waals surface area contributed by atoms with Crippen LogP contribution in [0.1, 0.15) is 56.3 Å². The van der Waals surface area contributed by atoms with E-state index >= 15 is 0 Å². The fraction of sp³-hybridized carbons (Fsp3) is 0.306. The first-order chi connectivity index (χ1) is 23.7. The molecule has 12 nitrogen and oxygen atoms in total. The second-order valence-corrected chi connectivity index (χ2v) is 11.9. The maximum atomic E-state index is 14.3. The summed E-state index contributed by atoms with van der Waals surface area (Å²) in [4.78, 5) is 43.7. The predicted octanol–water partition coefficient (Wildman–Crippen LogP) is 5.48. The molecule has 3 aromatic carbocycles. The van der Waals surface area contributed by atoms with E-state index < -0.39 is 16.9 Å². The van der Waals surface area contributed by atoms with Crippen molar-refractivity contribution in [3.05, 3.63) is 118 Å². The normalized spacial score (nSPS) is 14.1. The number of nitro benzene ring substituents is 1. The van der Waals surface area contributed by atoms with Crippen LogP contribution in [-0.2, 0) is 16.1 Å². The van der Waals surface area contributed by atoms with Gasteiger partial charge in [-0.05, 0) is 79.9 Å². The minimum atomic E-state index is -0.877. The molecule has 49 heavy (non-hydrogen) atoms. The number of aromatic nitrogens is 1. The number of carbonyl (C=O) groups excluding carboxylic acids is 1. The molecule has 1 aromatic heterocycles.